The first-order chi connectivity index (χ1) is 8.24. The van der Waals surface area contributed by atoms with Crippen LogP contribution in [-0.2, 0) is 4.74 Å². The maximum absolute atomic E-state index is 11.0. The summed E-state index contributed by atoms with van der Waals surface area (Å²) in [6.07, 6.45) is 1.64. The second-order valence-electron chi connectivity index (χ2n) is 3.27. The summed E-state index contributed by atoms with van der Waals surface area (Å²) in [6.45, 7) is 0.537. The van der Waals surface area contributed by atoms with Gasteiger partial charge in [-0.3, -0.25) is 0 Å². The number of fused-ring (bicyclic) bond motifs is 1. The third-order valence-electron chi connectivity index (χ3n) is 2.17. The highest BCUT2D eigenvalue weighted by Crippen LogP contribution is 2.29. The number of pyridine rings is 1. The maximum Gasteiger partial charge on any atom is 0.361 e. The van der Waals surface area contributed by atoms with Crippen molar-refractivity contribution in [2.75, 3.05) is 19.5 Å². The molecule has 0 saturated carbocycles. The summed E-state index contributed by atoms with van der Waals surface area (Å²) >= 11 is 1.33. The Morgan fingerprint density at radius 3 is 3.12 bits per heavy atom. The van der Waals surface area contributed by atoms with Crippen molar-refractivity contribution in [2.45, 2.75) is 5.03 Å². The molecule has 2 aromatic rings. The molecule has 7 heteroatoms. The SMILES string of the molecule is COCCSc1nc2ccccn2c1[N+](=O)[O-]. The van der Waals surface area contributed by atoms with Crippen molar-refractivity contribution >= 4 is 23.2 Å². The molecule has 0 aliphatic heterocycles. The van der Waals surface area contributed by atoms with Crippen LogP contribution in [0.15, 0.2) is 29.4 Å². The van der Waals surface area contributed by atoms with Gasteiger partial charge in [0.1, 0.15) is 0 Å². The van der Waals surface area contributed by atoms with Crippen LogP contribution in [0.4, 0.5) is 5.82 Å². The molecule has 2 heterocycles. The van der Waals surface area contributed by atoms with E-state index in [1.807, 2.05) is 0 Å². The van der Waals surface area contributed by atoms with Crippen LogP contribution in [0, 0.1) is 10.1 Å². The average molecular weight is 253 g/mol. The quantitative estimate of drug-likeness (QED) is 0.352. The first kappa shape index (κ1) is 11.9. The molecule has 0 aromatic carbocycles. The molecule has 17 heavy (non-hydrogen) atoms. The molecule has 0 radical (unpaired) electrons. The van der Waals surface area contributed by atoms with Crippen LogP contribution in [0.25, 0.3) is 5.65 Å². The van der Waals surface area contributed by atoms with Crippen LogP contribution < -0.4 is 0 Å². The van der Waals surface area contributed by atoms with Crippen molar-refractivity contribution in [3.05, 3.63) is 34.5 Å². The fourth-order valence-corrected chi connectivity index (χ4v) is 2.35. The fourth-order valence-electron chi connectivity index (χ4n) is 1.45. The van der Waals surface area contributed by atoms with Gasteiger partial charge in [-0.25, -0.2) is 0 Å². The Kier molecular flexibility index (Phi) is 3.60. The Hall–Kier alpha value is -1.60. The van der Waals surface area contributed by atoms with Crippen LogP contribution in [-0.4, -0.2) is 33.8 Å². The smallest absolute Gasteiger partial charge is 0.361 e. The van der Waals surface area contributed by atoms with E-state index in [4.69, 9.17) is 4.74 Å². The number of methoxy groups -OCH3 is 1. The van der Waals surface area contributed by atoms with Crippen LogP contribution in [0.1, 0.15) is 0 Å². The minimum atomic E-state index is -0.408. The van der Waals surface area contributed by atoms with Gasteiger partial charge in [-0.2, -0.15) is 9.38 Å². The van der Waals surface area contributed by atoms with Crippen molar-refractivity contribution in [1.82, 2.24) is 9.38 Å². The molecule has 0 atom stereocenters. The molecule has 2 aromatic heterocycles. The summed E-state index contributed by atoms with van der Waals surface area (Å²) in [5.74, 6) is 0.656. The largest absolute Gasteiger partial charge is 0.384 e. The van der Waals surface area contributed by atoms with E-state index in [0.717, 1.165) is 0 Å². The van der Waals surface area contributed by atoms with Gasteiger partial charge in [-0.15, -0.1) is 0 Å². The summed E-state index contributed by atoms with van der Waals surface area (Å²) in [7, 11) is 1.60. The Balaban J connectivity index is 2.39. The summed E-state index contributed by atoms with van der Waals surface area (Å²) in [6, 6.07) is 5.29. The molecule has 0 fully saturated rings. The summed E-state index contributed by atoms with van der Waals surface area (Å²) < 4.78 is 6.39. The third-order valence-corrected chi connectivity index (χ3v) is 3.09. The minimum absolute atomic E-state index is 0.0155. The highest BCUT2D eigenvalue weighted by atomic mass is 32.2. The Morgan fingerprint density at radius 1 is 1.59 bits per heavy atom. The van der Waals surface area contributed by atoms with Crippen molar-refractivity contribution in [1.29, 1.82) is 0 Å². The molecule has 0 unspecified atom stereocenters. The van der Waals surface area contributed by atoms with Crippen LogP contribution >= 0.6 is 11.8 Å². The zero-order valence-corrected chi connectivity index (χ0v) is 10.0. The summed E-state index contributed by atoms with van der Waals surface area (Å²) in [4.78, 5) is 14.9. The molecule has 90 valence electrons. The standard InChI is InChI=1S/C10H11N3O3S/c1-16-6-7-17-9-10(13(14)15)12-5-3-2-4-8(12)11-9/h2-5H,6-7H2,1H3. The van der Waals surface area contributed by atoms with Gasteiger partial charge in [0.05, 0.1) is 12.8 Å². The lowest BCUT2D eigenvalue weighted by molar-refractivity contribution is -0.393. The first-order valence-corrected chi connectivity index (χ1v) is 5.96. The van der Waals surface area contributed by atoms with E-state index in [0.29, 0.717) is 23.0 Å². The van der Waals surface area contributed by atoms with E-state index in [1.165, 1.54) is 16.2 Å². The molecule has 0 aliphatic rings. The number of ether oxygens (including phenoxy) is 1. The molecule has 0 aliphatic carbocycles. The van der Waals surface area contributed by atoms with Gasteiger partial charge in [0, 0.05) is 18.9 Å². The average Bonchev–Trinajstić information content (AvgIpc) is 2.67. The lowest BCUT2D eigenvalue weighted by Crippen LogP contribution is -1.96. The number of thioether (sulfide) groups is 1. The van der Waals surface area contributed by atoms with Crippen LogP contribution in [0.2, 0.25) is 0 Å². The zero-order valence-electron chi connectivity index (χ0n) is 9.20. The fraction of sp³-hybridized carbons (Fsp3) is 0.300. The molecule has 0 N–H and O–H groups in total. The Bertz CT molecular complexity index is 541. The van der Waals surface area contributed by atoms with Gasteiger partial charge < -0.3 is 14.9 Å². The van der Waals surface area contributed by atoms with E-state index in [9.17, 15) is 10.1 Å². The molecule has 0 saturated heterocycles. The molecule has 0 spiro atoms. The number of nitro groups is 1. The maximum atomic E-state index is 11.0. The van der Waals surface area contributed by atoms with Gasteiger partial charge in [0.2, 0.25) is 5.65 Å². The Labute approximate surface area is 102 Å². The number of hydrogen-bond donors (Lipinski definition) is 0. The van der Waals surface area contributed by atoms with Gasteiger partial charge >= 0.3 is 5.82 Å². The molecule has 0 bridgehead atoms. The third kappa shape index (κ3) is 2.40. The molecular formula is C10H11N3O3S. The van der Waals surface area contributed by atoms with E-state index in [-0.39, 0.29) is 5.82 Å². The lowest BCUT2D eigenvalue weighted by Gasteiger charge is -1.97. The van der Waals surface area contributed by atoms with E-state index in [1.54, 1.807) is 31.5 Å². The highest BCUT2D eigenvalue weighted by Gasteiger charge is 2.22. The molecular weight excluding hydrogens is 242 g/mol. The normalized spacial score (nSPS) is 10.9. The van der Waals surface area contributed by atoms with Crippen molar-refractivity contribution in [3.8, 4) is 0 Å². The summed E-state index contributed by atoms with van der Waals surface area (Å²) in [5, 5.41) is 11.5. The number of imidazole rings is 1. The van der Waals surface area contributed by atoms with Crippen molar-refractivity contribution < 1.29 is 9.66 Å². The molecule has 6 nitrogen and oxygen atoms in total. The van der Waals surface area contributed by atoms with Gasteiger partial charge in [0.15, 0.2) is 5.03 Å². The number of rotatable bonds is 5. The molecule has 0 amide bonds. The minimum Gasteiger partial charge on any atom is -0.384 e. The van der Waals surface area contributed by atoms with Gasteiger partial charge in [-0.1, -0.05) is 17.8 Å². The monoisotopic (exact) mass is 253 g/mol. The van der Waals surface area contributed by atoms with E-state index < -0.39 is 4.92 Å². The number of aromatic nitrogens is 2. The van der Waals surface area contributed by atoms with E-state index in [2.05, 4.69) is 4.98 Å². The van der Waals surface area contributed by atoms with Crippen molar-refractivity contribution in [3.63, 3.8) is 0 Å². The predicted molar refractivity (Wildman–Crippen MR) is 64.4 cm³/mol. The lowest BCUT2D eigenvalue weighted by atomic mass is 10.5. The summed E-state index contributed by atoms with van der Waals surface area (Å²) in [5.41, 5.74) is 0.583. The van der Waals surface area contributed by atoms with Gasteiger partial charge in [-0.05, 0) is 11.0 Å². The predicted octanol–water partition coefficient (Wildman–Crippen LogP) is 1.98. The topological polar surface area (TPSA) is 69.7 Å². The zero-order chi connectivity index (χ0) is 12.3. The number of hydrogen-bond acceptors (Lipinski definition) is 5. The number of nitrogens with zero attached hydrogens (tertiary/aromatic N) is 3. The van der Waals surface area contributed by atoms with E-state index >= 15 is 0 Å². The highest BCUT2D eigenvalue weighted by molar-refractivity contribution is 7.99. The second-order valence-corrected chi connectivity index (χ2v) is 4.35. The van der Waals surface area contributed by atoms with Crippen LogP contribution in [0.5, 0.6) is 0 Å². The second kappa shape index (κ2) is 5.15. The van der Waals surface area contributed by atoms with Crippen molar-refractivity contribution in [2.24, 2.45) is 0 Å². The Morgan fingerprint density at radius 2 is 2.41 bits per heavy atom. The first-order valence-electron chi connectivity index (χ1n) is 4.97. The van der Waals surface area contributed by atoms with Gasteiger partial charge in [0.25, 0.3) is 0 Å². The molecule has 2 rings (SSSR count). The van der Waals surface area contributed by atoms with Crippen LogP contribution in [0.3, 0.4) is 0 Å².